The van der Waals surface area contributed by atoms with Gasteiger partial charge in [-0.3, -0.25) is 4.99 Å². The van der Waals surface area contributed by atoms with Crippen molar-refractivity contribution in [3.05, 3.63) is 18.2 Å². The molecular formula is C15H28IN5O. The summed E-state index contributed by atoms with van der Waals surface area (Å²) in [6.45, 7) is 8.37. The van der Waals surface area contributed by atoms with Gasteiger partial charge in [-0.1, -0.05) is 0 Å². The van der Waals surface area contributed by atoms with Crippen LogP contribution in [0.15, 0.2) is 17.4 Å². The zero-order valence-corrected chi connectivity index (χ0v) is 15.9. The Bertz CT molecular complexity index is 463. The smallest absolute Gasteiger partial charge is 0.194 e. The number of rotatable bonds is 6. The van der Waals surface area contributed by atoms with Gasteiger partial charge in [0, 0.05) is 45.1 Å². The second-order valence-corrected chi connectivity index (χ2v) is 5.50. The number of likely N-dealkylation sites (tertiary alicyclic amines) is 1. The normalized spacial score (nSPS) is 18.4. The quantitative estimate of drug-likeness (QED) is 0.317. The number of aliphatic imine (C=N–C) groups is 1. The highest BCUT2D eigenvalue weighted by molar-refractivity contribution is 14.0. The van der Waals surface area contributed by atoms with Gasteiger partial charge in [-0.05, 0) is 33.1 Å². The molecule has 0 aromatic carbocycles. The van der Waals surface area contributed by atoms with Crippen LogP contribution < -0.4 is 5.32 Å². The monoisotopic (exact) mass is 421 g/mol. The van der Waals surface area contributed by atoms with E-state index in [1.807, 2.05) is 19.3 Å². The largest absolute Gasteiger partial charge is 0.391 e. The molecule has 1 saturated heterocycles. The van der Waals surface area contributed by atoms with Crippen LogP contribution in [0.5, 0.6) is 0 Å². The minimum absolute atomic E-state index is 0. The molecule has 2 heterocycles. The van der Waals surface area contributed by atoms with E-state index in [1.165, 1.54) is 0 Å². The average molecular weight is 421 g/mol. The number of halogens is 1. The van der Waals surface area contributed by atoms with E-state index in [2.05, 4.69) is 31.7 Å². The molecule has 0 aliphatic carbocycles. The Morgan fingerprint density at radius 3 is 2.91 bits per heavy atom. The molecule has 0 saturated carbocycles. The van der Waals surface area contributed by atoms with Crippen molar-refractivity contribution in [2.24, 2.45) is 4.99 Å². The molecule has 0 bridgehead atoms. The lowest BCUT2D eigenvalue weighted by Crippen LogP contribution is -2.40. The second-order valence-electron chi connectivity index (χ2n) is 5.50. The SMILES string of the molecule is CCNC(=NCCCCn1ccnc1C)N1CC[C@@H](O)C1.I. The van der Waals surface area contributed by atoms with E-state index in [4.69, 9.17) is 0 Å². The summed E-state index contributed by atoms with van der Waals surface area (Å²) >= 11 is 0. The first-order valence-corrected chi connectivity index (χ1v) is 7.89. The molecule has 1 aliphatic rings. The van der Waals surface area contributed by atoms with Crippen molar-refractivity contribution in [1.82, 2.24) is 19.8 Å². The lowest BCUT2D eigenvalue weighted by Gasteiger charge is -2.20. The molecule has 0 radical (unpaired) electrons. The maximum absolute atomic E-state index is 9.62. The Hall–Kier alpha value is -0.830. The molecular weight excluding hydrogens is 393 g/mol. The lowest BCUT2D eigenvalue weighted by molar-refractivity contribution is 0.188. The molecule has 22 heavy (non-hydrogen) atoms. The van der Waals surface area contributed by atoms with Gasteiger partial charge in [0.1, 0.15) is 5.82 Å². The molecule has 1 aromatic heterocycles. The standard InChI is InChI=1S/C15H27N5O.HI/c1-3-16-15(20-10-6-14(21)12-20)18-7-4-5-9-19-11-8-17-13(19)2;/h8,11,14,21H,3-7,9-10,12H2,1-2H3,(H,16,18);1H/t14-;/m1./s1. The number of hydrogen-bond donors (Lipinski definition) is 2. The first-order valence-electron chi connectivity index (χ1n) is 7.89. The molecule has 0 unspecified atom stereocenters. The van der Waals surface area contributed by atoms with Gasteiger partial charge in [-0.15, -0.1) is 24.0 Å². The second kappa shape index (κ2) is 10.0. The zero-order chi connectivity index (χ0) is 15.1. The number of imidazole rings is 1. The molecule has 6 nitrogen and oxygen atoms in total. The Labute approximate surface area is 150 Å². The topological polar surface area (TPSA) is 65.7 Å². The molecule has 2 N–H and O–H groups in total. The van der Waals surface area contributed by atoms with Crippen LogP contribution in [0.3, 0.4) is 0 Å². The summed E-state index contributed by atoms with van der Waals surface area (Å²) in [5.74, 6) is 2.01. The fourth-order valence-corrected chi connectivity index (χ4v) is 2.58. The predicted octanol–water partition coefficient (Wildman–Crippen LogP) is 1.62. The summed E-state index contributed by atoms with van der Waals surface area (Å²) in [6.07, 6.45) is 6.65. The van der Waals surface area contributed by atoms with Crippen LogP contribution in [0.25, 0.3) is 0 Å². The highest BCUT2D eigenvalue weighted by Gasteiger charge is 2.22. The third-order valence-electron chi connectivity index (χ3n) is 3.79. The van der Waals surface area contributed by atoms with Gasteiger partial charge in [0.25, 0.3) is 0 Å². The molecule has 2 rings (SSSR count). The Balaban J connectivity index is 0.00000242. The Morgan fingerprint density at radius 2 is 2.32 bits per heavy atom. The summed E-state index contributed by atoms with van der Waals surface area (Å²) in [7, 11) is 0. The predicted molar refractivity (Wildman–Crippen MR) is 99.8 cm³/mol. The van der Waals surface area contributed by atoms with Crippen molar-refractivity contribution < 1.29 is 5.11 Å². The van der Waals surface area contributed by atoms with E-state index in [9.17, 15) is 5.11 Å². The van der Waals surface area contributed by atoms with Gasteiger partial charge < -0.3 is 19.9 Å². The highest BCUT2D eigenvalue weighted by atomic mass is 127. The summed E-state index contributed by atoms with van der Waals surface area (Å²) in [6, 6.07) is 0. The van der Waals surface area contributed by atoms with Gasteiger partial charge in [0.2, 0.25) is 0 Å². The summed E-state index contributed by atoms with van der Waals surface area (Å²) in [4.78, 5) is 11.0. The fourth-order valence-electron chi connectivity index (χ4n) is 2.58. The van der Waals surface area contributed by atoms with Crippen LogP contribution in [-0.4, -0.2) is 57.8 Å². The van der Waals surface area contributed by atoms with E-state index in [0.29, 0.717) is 6.54 Å². The first-order chi connectivity index (χ1) is 10.2. The molecule has 126 valence electrons. The van der Waals surface area contributed by atoms with Gasteiger partial charge >= 0.3 is 0 Å². The van der Waals surface area contributed by atoms with Crippen LogP contribution in [0.1, 0.15) is 32.0 Å². The fraction of sp³-hybridized carbons (Fsp3) is 0.733. The van der Waals surface area contributed by atoms with Crippen molar-refractivity contribution in [3.8, 4) is 0 Å². The zero-order valence-electron chi connectivity index (χ0n) is 13.5. The van der Waals surface area contributed by atoms with Crippen LogP contribution in [0.4, 0.5) is 0 Å². The maximum atomic E-state index is 9.62. The summed E-state index contributed by atoms with van der Waals surface area (Å²) < 4.78 is 2.17. The summed E-state index contributed by atoms with van der Waals surface area (Å²) in [5.41, 5.74) is 0. The number of aryl methyl sites for hydroxylation is 2. The lowest BCUT2D eigenvalue weighted by atomic mass is 10.3. The highest BCUT2D eigenvalue weighted by Crippen LogP contribution is 2.09. The molecule has 1 aliphatic heterocycles. The van der Waals surface area contributed by atoms with E-state index >= 15 is 0 Å². The number of hydrogen-bond acceptors (Lipinski definition) is 3. The number of nitrogens with one attached hydrogen (secondary N) is 1. The maximum Gasteiger partial charge on any atom is 0.194 e. The molecule has 1 fully saturated rings. The van der Waals surface area contributed by atoms with Gasteiger partial charge in [-0.25, -0.2) is 4.98 Å². The van der Waals surface area contributed by atoms with E-state index in [-0.39, 0.29) is 30.1 Å². The number of β-amino-alcohol motifs (C(OH)–C–C–N with tert-alkyl or cyclic N) is 1. The molecule has 1 atom stereocenters. The van der Waals surface area contributed by atoms with Crippen molar-refractivity contribution in [3.63, 3.8) is 0 Å². The van der Waals surface area contributed by atoms with Crippen LogP contribution >= 0.6 is 24.0 Å². The van der Waals surface area contributed by atoms with E-state index < -0.39 is 0 Å². The summed E-state index contributed by atoms with van der Waals surface area (Å²) in [5, 5.41) is 12.9. The van der Waals surface area contributed by atoms with Crippen molar-refractivity contribution in [1.29, 1.82) is 0 Å². The van der Waals surface area contributed by atoms with Crippen LogP contribution in [0, 0.1) is 6.92 Å². The number of aliphatic hydroxyl groups is 1. The molecule has 0 amide bonds. The third-order valence-corrected chi connectivity index (χ3v) is 3.79. The minimum atomic E-state index is -0.210. The van der Waals surface area contributed by atoms with Crippen molar-refractivity contribution in [2.45, 2.75) is 45.8 Å². The number of unbranched alkanes of at least 4 members (excludes halogenated alkanes) is 1. The Kier molecular flexibility index (Phi) is 8.77. The molecule has 7 heteroatoms. The van der Waals surface area contributed by atoms with Crippen molar-refractivity contribution >= 4 is 29.9 Å². The van der Waals surface area contributed by atoms with Crippen LogP contribution in [-0.2, 0) is 6.54 Å². The van der Waals surface area contributed by atoms with Gasteiger partial charge in [0.05, 0.1) is 6.10 Å². The minimum Gasteiger partial charge on any atom is -0.391 e. The number of aliphatic hydroxyl groups excluding tert-OH is 1. The average Bonchev–Trinajstić information content (AvgIpc) is 3.06. The Morgan fingerprint density at radius 1 is 1.50 bits per heavy atom. The van der Waals surface area contributed by atoms with E-state index in [1.54, 1.807) is 0 Å². The third kappa shape index (κ3) is 5.75. The molecule has 0 spiro atoms. The van der Waals surface area contributed by atoms with E-state index in [0.717, 1.165) is 57.2 Å². The molecule has 1 aromatic rings. The van der Waals surface area contributed by atoms with Crippen molar-refractivity contribution in [2.75, 3.05) is 26.2 Å². The number of guanidine groups is 1. The van der Waals surface area contributed by atoms with Gasteiger partial charge in [-0.2, -0.15) is 0 Å². The van der Waals surface area contributed by atoms with Crippen LogP contribution in [0.2, 0.25) is 0 Å². The number of aromatic nitrogens is 2. The first kappa shape index (κ1) is 19.2. The van der Waals surface area contributed by atoms with Gasteiger partial charge in [0.15, 0.2) is 5.96 Å². The number of nitrogens with zero attached hydrogens (tertiary/aromatic N) is 4.